The third-order valence-corrected chi connectivity index (χ3v) is 8.08. The summed E-state index contributed by atoms with van der Waals surface area (Å²) in [5.41, 5.74) is 4.84. The highest BCUT2D eigenvalue weighted by molar-refractivity contribution is 5.97. The molecule has 2 aromatic carbocycles. The van der Waals surface area contributed by atoms with E-state index in [-0.39, 0.29) is 11.7 Å². The first-order valence-corrected chi connectivity index (χ1v) is 13.0. The third kappa shape index (κ3) is 3.80. The summed E-state index contributed by atoms with van der Waals surface area (Å²) in [7, 11) is 1.44. The summed E-state index contributed by atoms with van der Waals surface area (Å²) in [6, 6.07) is 11.4. The number of rotatable bonds is 6. The standard InChI is InChI=1S/C29H29FN6O2/c1-18-11-20(4-7-22(18)28(37)35-16-29(17-35)14-34(15-29)21-5-6-21)33-26-27-32-13-24(36(27)10-9-31-26)19-3-8-25(38-2)23(30)12-19/h3-4,7-13,21H,5-6,14-17H2,1-2H3,(H,31,33). The summed E-state index contributed by atoms with van der Waals surface area (Å²) in [6.45, 7) is 5.98. The first kappa shape index (κ1) is 23.2. The quantitative estimate of drug-likeness (QED) is 0.410. The third-order valence-electron chi connectivity index (χ3n) is 8.08. The van der Waals surface area contributed by atoms with Gasteiger partial charge >= 0.3 is 0 Å². The van der Waals surface area contributed by atoms with Crippen LogP contribution in [0.15, 0.2) is 55.0 Å². The number of anilines is 2. The number of imidazole rings is 1. The average molecular weight is 513 g/mol. The topological polar surface area (TPSA) is 75.0 Å². The number of methoxy groups -OCH3 is 1. The van der Waals surface area contributed by atoms with Crippen molar-refractivity contribution in [1.82, 2.24) is 24.2 Å². The number of amides is 1. The highest BCUT2D eigenvalue weighted by Crippen LogP contribution is 2.45. The number of ether oxygens (including phenoxy) is 1. The Morgan fingerprint density at radius 1 is 1.11 bits per heavy atom. The molecule has 1 amide bonds. The van der Waals surface area contributed by atoms with Crippen molar-refractivity contribution < 1.29 is 13.9 Å². The van der Waals surface area contributed by atoms with E-state index < -0.39 is 5.82 Å². The number of nitrogens with one attached hydrogen (secondary N) is 1. The van der Waals surface area contributed by atoms with Gasteiger partial charge in [0.25, 0.3) is 5.91 Å². The molecule has 4 aromatic rings. The monoisotopic (exact) mass is 512 g/mol. The number of hydrogen-bond donors (Lipinski definition) is 1. The SMILES string of the molecule is COc1ccc(-c2cnc3c(Nc4ccc(C(=O)N5CC6(C5)CN(C5CC5)C6)c(C)c4)nccn23)cc1F. The molecule has 194 valence electrons. The summed E-state index contributed by atoms with van der Waals surface area (Å²) < 4.78 is 21.2. The van der Waals surface area contributed by atoms with E-state index >= 15 is 0 Å². The maximum absolute atomic E-state index is 14.3. The van der Waals surface area contributed by atoms with Crippen LogP contribution < -0.4 is 10.1 Å². The van der Waals surface area contributed by atoms with Crippen LogP contribution in [0.4, 0.5) is 15.9 Å². The van der Waals surface area contributed by atoms with Crippen LogP contribution >= 0.6 is 0 Å². The van der Waals surface area contributed by atoms with Crippen LogP contribution in [0.25, 0.3) is 16.9 Å². The zero-order chi connectivity index (χ0) is 26.0. The first-order valence-electron chi connectivity index (χ1n) is 13.0. The van der Waals surface area contributed by atoms with Crippen LogP contribution in [0.2, 0.25) is 0 Å². The Kier molecular flexibility index (Phi) is 5.20. The molecule has 1 spiro atoms. The van der Waals surface area contributed by atoms with Gasteiger partial charge in [-0.25, -0.2) is 14.4 Å². The normalized spacial score (nSPS) is 18.3. The number of aryl methyl sites for hydroxylation is 1. The molecule has 2 saturated heterocycles. The number of nitrogens with zero attached hydrogens (tertiary/aromatic N) is 5. The molecule has 0 atom stereocenters. The van der Waals surface area contributed by atoms with Gasteiger partial charge in [0.05, 0.1) is 19.0 Å². The molecule has 8 nitrogen and oxygen atoms in total. The van der Waals surface area contributed by atoms with Gasteiger partial charge < -0.3 is 15.0 Å². The number of benzene rings is 2. The maximum atomic E-state index is 14.3. The summed E-state index contributed by atoms with van der Waals surface area (Å²) >= 11 is 0. The second kappa shape index (κ2) is 8.52. The Hall–Kier alpha value is -3.98. The Morgan fingerprint density at radius 3 is 2.63 bits per heavy atom. The lowest BCUT2D eigenvalue weighted by atomic mass is 9.72. The Bertz CT molecular complexity index is 1560. The minimum absolute atomic E-state index is 0.106. The number of hydrogen-bond acceptors (Lipinski definition) is 6. The average Bonchev–Trinajstić information content (AvgIpc) is 3.60. The van der Waals surface area contributed by atoms with Gasteiger partial charge in [0, 0.05) is 66.8 Å². The molecule has 3 aliphatic rings. The zero-order valence-electron chi connectivity index (χ0n) is 21.4. The first-order chi connectivity index (χ1) is 18.4. The van der Waals surface area contributed by atoms with Gasteiger partial charge in [0.2, 0.25) is 0 Å². The van der Waals surface area contributed by atoms with Crippen molar-refractivity contribution in [3.63, 3.8) is 0 Å². The minimum atomic E-state index is -0.432. The molecule has 9 heteroatoms. The molecule has 2 aromatic heterocycles. The molecular formula is C29H29FN6O2. The van der Waals surface area contributed by atoms with Gasteiger partial charge in [0.15, 0.2) is 23.0 Å². The number of aromatic nitrogens is 3. The number of likely N-dealkylation sites (tertiary alicyclic amines) is 2. The van der Waals surface area contributed by atoms with Crippen molar-refractivity contribution in [3.8, 4) is 17.0 Å². The van der Waals surface area contributed by atoms with E-state index in [0.717, 1.165) is 54.7 Å². The van der Waals surface area contributed by atoms with E-state index in [2.05, 4.69) is 20.2 Å². The summed E-state index contributed by atoms with van der Waals surface area (Å²) in [6.07, 6.45) is 7.85. The lowest BCUT2D eigenvalue weighted by molar-refractivity contribution is -0.102. The van der Waals surface area contributed by atoms with Gasteiger partial charge in [-0.3, -0.25) is 14.1 Å². The smallest absolute Gasteiger partial charge is 0.254 e. The van der Waals surface area contributed by atoms with Crippen LogP contribution in [0.5, 0.6) is 5.75 Å². The molecule has 4 heterocycles. The van der Waals surface area contributed by atoms with Gasteiger partial charge in [-0.15, -0.1) is 0 Å². The molecule has 0 radical (unpaired) electrons. The van der Waals surface area contributed by atoms with E-state index in [9.17, 15) is 9.18 Å². The Morgan fingerprint density at radius 2 is 1.92 bits per heavy atom. The number of fused-ring (bicyclic) bond motifs is 1. The van der Waals surface area contributed by atoms with Crippen molar-refractivity contribution >= 4 is 23.1 Å². The minimum Gasteiger partial charge on any atom is -0.494 e. The van der Waals surface area contributed by atoms with E-state index in [4.69, 9.17) is 4.74 Å². The molecule has 1 N–H and O–H groups in total. The van der Waals surface area contributed by atoms with E-state index in [1.165, 1.54) is 26.0 Å². The van der Waals surface area contributed by atoms with Crippen molar-refractivity contribution in [3.05, 3.63) is 71.9 Å². The molecule has 38 heavy (non-hydrogen) atoms. The summed E-state index contributed by atoms with van der Waals surface area (Å²) in [4.78, 5) is 26.8. The maximum Gasteiger partial charge on any atom is 0.254 e. The molecular weight excluding hydrogens is 483 g/mol. The fourth-order valence-electron chi connectivity index (χ4n) is 5.96. The second-order valence-corrected chi connectivity index (χ2v) is 10.9. The number of carbonyl (C=O) groups excluding carboxylic acids is 1. The lowest BCUT2D eigenvalue weighted by Crippen LogP contribution is -2.73. The number of carbonyl (C=O) groups is 1. The van der Waals surface area contributed by atoms with E-state index in [1.807, 2.05) is 34.4 Å². The fraction of sp³-hybridized carbons (Fsp3) is 0.345. The molecule has 1 saturated carbocycles. The molecule has 0 bridgehead atoms. The summed E-state index contributed by atoms with van der Waals surface area (Å²) in [5, 5.41) is 3.34. The molecule has 1 aliphatic carbocycles. The molecule has 7 rings (SSSR count). The van der Waals surface area contributed by atoms with Gasteiger partial charge in [-0.05, 0) is 61.7 Å². The van der Waals surface area contributed by atoms with Crippen LogP contribution in [-0.2, 0) is 0 Å². The molecule has 0 unspecified atom stereocenters. The Balaban J connectivity index is 1.07. The predicted octanol–water partition coefficient (Wildman–Crippen LogP) is 4.52. The van der Waals surface area contributed by atoms with Crippen LogP contribution in [0.1, 0.15) is 28.8 Å². The van der Waals surface area contributed by atoms with Gasteiger partial charge in [0.1, 0.15) is 0 Å². The molecule has 2 aliphatic heterocycles. The number of halogens is 1. The van der Waals surface area contributed by atoms with Gasteiger partial charge in [-0.2, -0.15) is 0 Å². The summed E-state index contributed by atoms with van der Waals surface area (Å²) in [5.74, 6) is 0.440. The van der Waals surface area contributed by atoms with Crippen molar-refractivity contribution in [1.29, 1.82) is 0 Å². The van der Waals surface area contributed by atoms with Crippen molar-refractivity contribution in [2.24, 2.45) is 5.41 Å². The Labute approximate surface area is 220 Å². The van der Waals surface area contributed by atoms with Crippen molar-refractivity contribution in [2.45, 2.75) is 25.8 Å². The molecule has 3 fully saturated rings. The zero-order valence-corrected chi connectivity index (χ0v) is 21.4. The fourth-order valence-corrected chi connectivity index (χ4v) is 5.96. The largest absolute Gasteiger partial charge is 0.494 e. The van der Waals surface area contributed by atoms with Crippen LogP contribution in [-0.4, -0.2) is 69.4 Å². The van der Waals surface area contributed by atoms with E-state index in [1.54, 1.807) is 30.7 Å². The van der Waals surface area contributed by atoms with Gasteiger partial charge in [-0.1, -0.05) is 0 Å². The van der Waals surface area contributed by atoms with Crippen LogP contribution in [0, 0.1) is 18.2 Å². The van der Waals surface area contributed by atoms with Crippen molar-refractivity contribution in [2.75, 3.05) is 38.6 Å². The highest BCUT2D eigenvalue weighted by atomic mass is 19.1. The predicted molar refractivity (Wildman–Crippen MR) is 142 cm³/mol. The second-order valence-electron chi connectivity index (χ2n) is 10.9. The lowest BCUT2D eigenvalue weighted by Gasteiger charge is -2.60. The highest BCUT2D eigenvalue weighted by Gasteiger charge is 2.55. The van der Waals surface area contributed by atoms with Crippen LogP contribution in [0.3, 0.4) is 0 Å². The van der Waals surface area contributed by atoms with E-state index in [0.29, 0.717) is 22.4 Å².